The molecule has 0 saturated carbocycles. The summed E-state index contributed by atoms with van der Waals surface area (Å²) in [6.45, 7) is 4.35. The molecule has 1 amide bonds. The normalized spacial score (nSPS) is 14.5. The van der Waals surface area contributed by atoms with E-state index in [2.05, 4.69) is 5.32 Å². The number of amides is 1. The lowest BCUT2D eigenvalue weighted by Gasteiger charge is -2.29. The average molecular weight is 497 g/mol. The Balaban J connectivity index is 1.48. The van der Waals surface area contributed by atoms with E-state index in [1.807, 2.05) is 49.4 Å². The molecule has 0 radical (unpaired) electrons. The largest absolute Gasteiger partial charge is 0.486 e. The van der Waals surface area contributed by atoms with Crippen LogP contribution in [0.2, 0.25) is 0 Å². The van der Waals surface area contributed by atoms with Gasteiger partial charge in [-0.3, -0.25) is 9.10 Å². The van der Waals surface area contributed by atoms with E-state index in [1.165, 1.54) is 0 Å². The first-order valence-electron chi connectivity index (χ1n) is 11.2. The van der Waals surface area contributed by atoms with E-state index in [0.717, 1.165) is 16.1 Å². The van der Waals surface area contributed by atoms with E-state index in [-0.39, 0.29) is 6.04 Å². The third-order valence-electron chi connectivity index (χ3n) is 5.58. The maximum absolute atomic E-state index is 13.1. The topological polar surface area (TPSA) is 94.2 Å². The zero-order chi connectivity index (χ0) is 25.0. The van der Waals surface area contributed by atoms with Gasteiger partial charge in [-0.15, -0.1) is 0 Å². The van der Waals surface area contributed by atoms with Crippen LogP contribution in [0.3, 0.4) is 0 Å². The standard InChI is InChI=1S/C26H28N2O6S/c1-18(20-9-14-24-25(17-20)33-16-15-32-24)27-26(29)19(2)28(35(3,30)31)21-10-12-23(13-11-21)34-22-7-5-4-6-8-22/h4-14,17-19H,15-16H2,1-3H3,(H,27,29)/t18-,19-/m1/s1. The van der Waals surface area contributed by atoms with Gasteiger partial charge in [-0.1, -0.05) is 24.3 Å². The predicted molar refractivity (Wildman–Crippen MR) is 134 cm³/mol. The van der Waals surface area contributed by atoms with Crippen molar-refractivity contribution in [2.75, 3.05) is 23.8 Å². The second-order valence-electron chi connectivity index (χ2n) is 8.28. The Morgan fingerprint density at radius 3 is 2.20 bits per heavy atom. The fourth-order valence-electron chi connectivity index (χ4n) is 3.84. The SMILES string of the molecule is C[C@H](C(=O)N[C@H](C)c1ccc2c(c1)OCCO2)N(c1ccc(Oc2ccccc2)cc1)S(C)(=O)=O. The first-order chi connectivity index (χ1) is 16.7. The van der Waals surface area contributed by atoms with E-state index in [4.69, 9.17) is 14.2 Å². The highest BCUT2D eigenvalue weighted by atomic mass is 32.2. The van der Waals surface area contributed by atoms with Crippen LogP contribution in [0.1, 0.15) is 25.5 Å². The summed E-state index contributed by atoms with van der Waals surface area (Å²) in [7, 11) is -3.75. The minimum atomic E-state index is -3.75. The molecule has 0 saturated heterocycles. The highest BCUT2D eigenvalue weighted by Gasteiger charge is 2.30. The zero-order valence-corrected chi connectivity index (χ0v) is 20.6. The Morgan fingerprint density at radius 2 is 1.54 bits per heavy atom. The van der Waals surface area contributed by atoms with Gasteiger partial charge in [0.25, 0.3) is 0 Å². The average Bonchev–Trinajstić information content (AvgIpc) is 2.84. The molecule has 0 spiro atoms. The van der Waals surface area contributed by atoms with Crippen molar-refractivity contribution in [3.05, 3.63) is 78.4 Å². The molecular weight excluding hydrogens is 468 g/mol. The third-order valence-corrected chi connectivity index (χ3v) is 6.83. The highest BCUT2D eigenvalue weighted by molar-refractivity contribution is 7.92. The van der Waals surface area contributed by atoms with Crippen LogP contribution in [-0.4, -0.2) is 39.8 Å². The fourth-order valence-corrected chi connectivity index (χ4v) is 5.02. The summed E-state index contributed by atoms with van der Waals surface area (Å²) in [4.78, 5) is 13.1. The van der Waals surface area contributed by atoms with Crippen LogP contribution in [-0.2, 0) is 14.8 Å². The molecule has 184 valence electrons. The number of carbonyl (C=O) groups is 1. The van der Waals surface area contributed by atoms with Gasteiger partial charge in [-0.25, -0.2) is 8.42 Å². The van der Waals surface area contributed by atoms with Gasteiger partial charge in [-0.05, 0) is 67.9 Å². The summed E-state index contributed by atoms with van der Waals surface area (Å²) in [6.07, 6.45) is 1.08. The Kier molecular flexibility index (Phi) is 7.16. The van der Waals surface area contributed by atoms with Crippen molar-refractivity contribution in [3.8, 4) is 23.0 Å². The number of carbonyl (C=O) groups excluding carboxylic acids is 1. The van der Waals surface area contributed by atoms with Crippen LogP contribution < -0.4 is 23.8 Å². The van der Waals surface area contributed by atoms with Crippen LogP contribution in [0.4, 0.5) is 5.69 Å². The van der Waals surface area contributed by atoms with Gasteiger partial charge < -0.3 is 19.5 Å². The van der Waals surface area contributed by atoms with Gasteiger partial charge in [0.05, 0.1) is 18.0 Å². The summed E-state index contributed by atoms with van der Waals surface area (Å²) < 4.78 is 43.4. The lowest BCUT2D eigenvalue weighted by molar-refractivity contribution is -0.122. The summed E-state index contributed by atoms with van der Waals surface area (Å²) in [5.74, 6) is 2.08. The van der Waals surface area contributed by atoms with Gasteiger partial charge in [-0.2, -0.15) is 0 Å². The minimum absolute atomic E-state index is 0.363. The number of hydrogen-bond acceptors (Lipinski definition) is 6. The van der Waals surface area contributed by atoms with Crippen LogP contribution in [0.15, 0.2) is 72.8 Å². The maximum atomic E-state index is 13.1. The van der Waals surface area contributed by atoms with Crippen molar-refractivity contribution in [1.29, 1.82) is 0 Å². The van der Waals surface area contributed by atoms with Crippen LogP contribution in [0.5, 0.6) is 23.0 Å². The molecule has 9 heteroatoms. The Labute approximate surface area is 205 Å². The van der Waals surface area contributed by atoms with Crippen molar-refractivity contribution in [3.63, 3.8) is 0 Å². The number of nitrogens with one attached hydrogen (secondary N) is 1. The lowest BCUT2D eigenvalue weighted by Crippen LogP contribution is -2.48. The molecule has 8 nitrogen and oxygen atoms in total. The third kappa shape index (κ3) is 5.86. The first kappa shape index (κ1) is 24.4. The summed E-state index contributed by atoms with van der Waals surface area (Å²) in [6, 6.07) is 20.0. The number of para-hydroxylation sites is 1. The highest BCUT2D eigenvalue weighted by Crippen LogP contribution is 2.33. The molecule has 4 rings (SSSR count). The van der Waals surface area contributed by atoms with Gasteiger partial charge in [0.2, 0.25) is 15.9 Å². The molecule has 35 heavy (non-hydrogen) atoms. The van der Waals surface area contributed by atoms with Crippen molar-refractivity contribution in [1.82, 2.24) is 5.32 Å². The molecule has 0 unspecified atom stereocenters. The molecule has 0 aliphatic carbocycles. The molecule has 1 heterocycles. The molecule has 0 fully saturated rings. The number of benzene rings is 3. The molecule has 1 N–H and O–H groups in total. The number of nitrogens with zero attached hydrogens (tertiary/aromatic N) is 1. The number of rotatable bonds is 8. The van der Waals surface area contributed by atoms with E-state index in [9.17, 15) is 13.2 Å². The number of hydrogen-bond donors (Lipinski definition) is 1. The van der Waals surface area contributed by atoms with Crippen LogP contribution in [0.25, 0.3) is 0 Å². The molecular formula is C26H28N2O6S. The summed E-state index contributed by atoms with van der Waals surface area (Å²) in [5.41, 5.74) is 1.19. The van der Waals surface area contributed by atoms with Gasteiger partial charge in [0.15, 0.2) is 11.5 Å². The molecule has 1 aliphatic heterocycles. The fraction of sp³-hybridized carbons (Fsp3) is 0.269. The monoisotopic (exact) mass is 496 g/mol. The molecule has 0 aromatic heterocycles. The second kappa shape index (κ2) is 10.3. The Hall–Kier alpha value is -3.72. The van der Waals surface area contributed by atoms with Gasteiger partial charge in [0.1, 0.15) is 30.8 Å². The Bertz CT molecular complexity index is 1280. The number of anilines is 1. The smallest absolute Gasteiger partial charge is 0.244 e. The van der Waals surface area contributed by atoms with E-state index in [0.29, 0.717) is 41.9 Å². The molecule has 1 aliphatic rings. The first-order valence-corrected chi connectivity index (χ1v) is 13.1. The van der Waals surface area contributed by atoms with E-state index in [1.54, 1.807) is 37.3 Å². The second-order valence-corrected chi connectivity index (χ2v) is 10.1. The lowest BCUT2D eigenvalue weighted by atomic mass is 10.1. The molecule has 3 aromatic rings. The van der Waals surface area contributed by atoms with Crippen LogP contribution >= 0.6 is 0 Å². The molecule has 2 atom stereocenters. The predicted octanol–water partition coefficient (Wildman–Crippen LogP) is 4.28. The van der Waals surface area contributed by atoms with E-state index < -0.39 is 22.0 Å². The van der Waals surface area contributed by atoms with Crippen molar-refractivity contribution >= 4 is 21.6 Å². The van der Waals surface area contributed by atoms with Gasteiger partial charge >= 0.3 is 0 Å². The van der Waals surface area contributed by atoms with Crippen molar-refractivity contribution in [2.45, 2.75) is 25.9 Å². The summed E-state index contributed by atoms with van der Waals surface area (Å²) >= 11 is 0. The molecule has 0 bridgehead atoms. The number of fused-ring (bicyclic) bond motifs is 1. The van der Waals surface area contributed by atoms with Crippen molar-refractivity contribution < 1.29 is 27.4 Å². The minimum Gasteiger partial charge on any atom is -0.486 e. The van der Waals surface area contributed by atoms with Gasteiger partial charge in [0, 0.05) is 0 Å². The van der Waals surface area contributed by atoms with Crippen molar-refractivity contribution in [2.24, 2.45) is 0 Å². The Morgan fingerprint density at radius 1 is 0.914 bits per heavy atom. The number of ether oxygens (including phenoxy) is 3. The number of sulfonamides is 1. The molecule has 3 aromatic carbocycles. The summed E-state index contributed by atoms with van der Waals surface area (Å²) in [5, 5.41) is 2.90. The quantitative estimate of drug-likeness (QED) is 0.500. The van der Waals surface area contributed by atoms with E-state index >= 15 is 0 Å². The van der Waals surface area contributed by atoms with Crippen LogP contribution in [0, 0.1) is 0 Å². The zero-order valence-electron chi connectivity index (χ0n) is 19.8. The maximum Gasteiger partial charge on any atom is 0.244 e.